The van der Waals surface area contributed by atoms with Crippen LogP contribution in [0.15, 0.2) is 46.9 Å². The summed E-state index contributed by atoms with van der Waals surface area (Å²) in [5, 5.41) is 4.01. The summed E-state index contributed by atoms with van der Waals surface area (Å²) < 4.78 is 6.87. The third-order valence-corrected chi connectivity index (χ3v) is 7.19. The van der Waals surface area contributed by atoms with Crippen LogP contribution >= 0.6 is 23.1 Å². The number of nitrogens with one attached hydrogen (secondary N) is 1. The Morgan fingerprint density at radius 3 is 2.83 bits per heavy atom. The van der Waals surface area contributed by atoms with Gasteiger partial charge in [0.05, 0.1) is 23.9 Å². The van der Waals surface area contributed by atoms with Gasteiger partial charge in [0.15, 0.2) is 5.16 Å². The summed E-state index contributed by atoms with van der Waals surface area (Å²) >= 11 is 2.88. The number of ether oxygens (including phenoxy) is 1. The maximum Gasteiger partial charge on any atom is 0.267 e. The second-order valence-corrected chi connectivity index (χ2v) is 9.03. The quantitative estimate of drug-likeness (QED) is 0.344. The van der Waals surface area contributed by atoms with Crippen LogP contribution in [0.3, 0.4) is 0 Å². The lowest BCUT2D eigenvalue weighted by atomic mass is 9.97. The highest BCUT2D eigenvalue weighted by Gasteiger charge is 2.23. The lowest BCUT2D eigenvalue weighted by Gasteiger charge is -2.14. The van der Waals surface area contributed by atoms with Crippen molar-refractivity contribution < 1.29 is 9.53 Å². The molecule has 0 spiro atoms. The standard InChI is InChI=1S/C22H23N3O3S2/c1-3-12-23-18(26)13-29-22-24-20-19(16-6-4-5-7-17(16)30-20)21(27)25(22)14-8-10-15(28-2)11-9-14/h3,8-11H,1,4-7,12-13H2,2H3,(H,23,26). The molecule has 0 radical (unpaired) electrons. The van der Waals surface area contributed by atoms with E-state index in [0.717, 1.165) is 41.5 Å². The zero-order valence-electron chi connectivity index (χ0n) is 16.8. The number of hydrogen-bond donors (Lipinski definition) is 1. The smallest absolute Gasteiger partial charge is 0.267 e. The molecule has 0 bridgehead atoms. The number of thioether (sulfide) groups is 1. The van der Waals surface area contributed by atoms with E-state index in [1.54, 1.807) is 29.1 Å². The molecule has 0 unspecified atom stereocenters. The molecule has 0 fully saturated rings. The molecule has 1 aliphatic rings. The minimum Gasteiger partial charge on any atom is -0.497 e. The van der Waals surface area contributed by atoms with Crippen LogP contribution in [0, 0.1) is 0 Å². The van der Waals surface area contributed by atoms with E-state index < -0.39 is 0 Å². The predicted molar refractivity (Wildman–Crippen MR) is 122 cm³/mol. The molecule has 0 atom stereocenters. The van der Waals surface area contributed by atoms with Gasteiger partial charge in [-0.1, -0.05) is 17.8 Å². The second-order valence-electron chi connectivity index (χ2n) is 7.01. The third kappa shape index (κ3) is 4.02. The number of fused-ring (bicyclic) bond motifs is 3. The van der Waals surface area contributed by atoms with E-state index in [2.05, 4.69) is 11.9 Å². The maximum absolute atomic E-state index is 13.6. The molecule has 1 aromatic carbocycles. The minimum absolute atomic E-state index is 0.0708. The van der Waals surface area contributed by atoms with Crippen molar-refractivity contribution in [1.29, 1.82) is 0 Å². The molecule has 0 saturated carbocycles. The molecule has 8 heteroatoms. The highest BCUT2D eigenvalue weighted by atomic mass is 32.2. The lowest BCUT2D eigenvalue weighted by Crippen LogP contribution is -2.26. The SMILES string of the molecule is C=CCNC(=O)CSc1nc2sc3c(c2c(=O)n1-c1ccc(OC)cc1)CCCC3. The first-order valence-corrected chi connectivity index (χ1v) is 11.6. The van der Waals surface area contributed by atoms with Gasteiger partial charge in [0.1, 0.15) is 10.6 Å². The largest absolute Gasteiger partial charge is 0.497 e. The molecule has 30 heavy (non-hydrogen) atoms. The average molecular weight is 442 g/mol. The van der Waals surface area contributed by atoms with Crippen LogP contribution in [0.25, 0.3) is 15.9 Å². The fraction of sp³-hybridized carbons (Fsp3) is 0.318. The summed E-state index contributed by atoms with van der Waals surface area (Å²) in [5.41, 5.74) is 1.79. The van der Waals surface area contributed by atoms with Crippen LogP contribution in [0.2, 0.25) is 0 Å². The van der Waals surface area contributed by atoms with Crippen LogP contribution in [0.4, 0.5) is 0 Å². The third-order valence-electron chi connectivity index (χ3n) is 5.06. The fourth-order valence-corrected chi connectivity index (χ4v) is 5.75. The van der Waals surface area contributed by atoms with Crippen molar-refractivity contribution in [3.8, 4) is 11.4 Å². The van der Waals surface area contributed by atoms with Crippen molar-refractivity contribution in [3.63, 3.8) is 0 Å². The highest BCUT2D eigenvalue weighted by molar-refractivity contribution is 7.99. The Hall–Kier alpha value is -2.58. The first kappa shape index (κ1) is 20.7. The van der Waals surface area contributed by atoms with Gasteiger partial charge in [-0.3, -0.25) is 14.2 Å². The Bertz CT molecular complexity index is 1150. The van der Waals surface area contributed by atoms with Gasteiger partial charge in [-0.15, -0.1) is 17.9 Å². The average Bonchev–Trinajstić information content (AvgIpc) is 3.15. The number of nitrogens with zero attached hydrogens (tertiary/aromatic N) is 2. The summed E-state index contributed by atoms with van der Waals surface area (Å²) in [6, 6.07) is 7.32. The topological polar surface area (TPSA) is 73.2 Å². The zero-order chi connectivity index (χ0) is 21.1. The lowest BCUT2D eigenvalue weighted by molar-refractivity contribution is -0.118. The summed E-state index contributed by atoms with van der Waals surface area (Å²) in [5.74, 6) is 0.764. The molecule has 2 aromatic heterocycles. The minimum atomic E-state index is -0.124. The van der Waals surface area contributed by atoms with E-state index in [9.17, 15) is 9.59 Å². The molecule has 3 aromatic rings. The molecule has 2 heterocycles. The fourth-order valence-electron chi connectivity index (χ4n) is 3.61. The van der Waals surface area contributed by atoms with Crippen LogP contribution in [-0.2, 0) is 17.6 Å². The number of benzene rings is 1. The van der Waals surface area contributed by atoms with Crippen molar-refractivity contribution in [2.75, 3.05) is 19.4 Å². The number of amides is 1. The Morgan fingerprint density at radius 1 is 1.33 bits per heavy atom. The molecular weight excluding hydrogens is 418 g/mol. The van der Waals surface area contributed by atoms with Gasteiger partial charge in [0.25, 0.3) is 5.56 Å². The van der Waals surface area contributed by atoms with Crippen LogP contribution in [0.1, 0.15) is 23.3 Å². The van der Waals surface area contributed by atoms with Crippen molar-refractivity contribution in [3.05, 3.63) is 57.7 Å². The van der Waals surface area contributed by atoms with Gasteiger partial charge >= 0.3 is 0 Å². The van der Waals surface area contributed by atoms with E-state index in [1.807, 2.05) is 24.3 Å². The normalized spacial score (nSPS) is 13.1. The number of rotatable bonds is 7. The summed E-state index contributed by atoms with van der Waals surface area (Å²) in [6.45, 7) is 4.02. The molecular formula is C22H23N3O3S2. The summed E-state index contributed by atoms with van der Waals surface area (Å²) in [4.78, 5) is 32.6. The van der Waals surface area contributed by atoms with Gasteiger partial charge in [0, 0.05) is 11.4 Å². The molecule has 1 amide bonds. The first-order valence-electron chi connectivity index (χ1n) is 9.84. The number of aryl methyl sites for hydroxylation is 2. The molecule has 0 aliphatic heterocycles. The van der Waals surface area contributed by atoms with Crippen molar-refractivity contribution in [1.82, 2.24) is 14.9 Å². The van der Waals surface area contributed by atoms with E-state index >= 15 is 0 Å². The molecule has 156 valence electrons. The van der Waals surface area contributed by atoms with Crippen molar-refractivity contribution in [2.24, 2.45) is 0 Å². The predicted octanol–water partition coefficient (Wildman–Crippen LogP) is 3.73. The zero-order valence-corrected chi connectivity index (χ0v) is 18.4. The van der Waals surface area contributed by atoms with E-state index in [1.165, 1.54) is 16.6 Å². The van der Waals surface area contributed by atoms with Crippen LogP contribution < -0.4 is 15.6 Å². The Kier molecular flexibility index (Phi) is 6.24. The molecule has 4 rings (SSSR count). The van der Waals surface area contributed by atoms with Gasteiger partial charge in [-0.25, -0.2) is 4.98 Å². The first-order chi connectivity index (χ1) is 14.6. The van der Waals surface area contributed by atoms with Gasteiger partial charge < -0.3 is 10.1 Å². The number of carbonyl (C=O) groups excluding carboxylic acids is 1. The van der Waals surface area contributed by atoms with Gasteiger partial charge in [-0.05, 0) is 55.5 Å². The number of hydrogen-bond acceptors (Lipinski definition) is 6. The van der Waals surface area contributed by atoms with Crippen LogP contribution in [-0.4, -0.2) is 34.9 Å². The Morgan fingerprint density at radius 2 is 2.10 bits per heavy atom. The van der Waals surface area contributed by atoms with Gasteiger partial charge in [-0.2, -0.15) is 0 Å². The number of aromatic nitrogens is 2. The van der Waals surface area contributed by atoms with Crippen molar-refractivity contribution >= 4 is 39.2 Å². The monoisotopic (exact) mass is 441 g/mol. The Labute approximate surface area is 183 Å². The highest BCUT2D eigenvalue weighted by Crippen LogP contribution is 2.35. The molecule has 0 saturated heterocycles. The number of thiophene rings is 1. The van der Waals surface area contributed by atoms with Gasteiger partial charge in [0.2, 0.25) is 5.91 Å². The molecule has 1 aliphatic carbocycles. The Balaban J connectivity index is 1.81. The second kappa shape index (κ2) is 9.06. The van der Waals surface area contributed by atoms with Crippen molar-refractivity contribution in [2.45, 2.75) is 30.8 Å². The van der Waals surface area contributed by atoms with E-state index in [-0.39, 0.29) is 17.2 Å². The maximum atomic E-state index is 13.6. The number of carbonyl (C=O) groups is 1. The summed E-state index contributed by atoms with van der Waals surface area (Å²) in [6.07, 6.45) is 5.81. The van der Waals surface area contributed by atoms with E-state index in [4.69, 9.17) is 9.72 Å². The summed E-state index contributed by atoms with van der Waals surface area (Å²) in [7, 11) is 1.61. The van der Waals surface area contributed by atoms with E-state index in [0.29, 0.717) is 23.1 Å². The molecule has 6 nitrogen and oxygen atoms in total. The number of methoxy groups -OCH3 is 1. The van der Waals surface area contributed by atoms with Crippen LogP contribution in [0.5, 0.6) is 5.75 Å². The molecule has 1 N–H and O–H groups in total.